The van der Waals surface area contributed by atoms with Crippen LogP contribution in [0.15, 0.2) is 29.1 Å². The van der Waals surface area contributed by atoms with E-state index in [1.807, 2.05) is 18.2 Å². The van der Waals surface area contributed by atoms with Crippen molar-refractivity contribution in [3.05, 3.63) is 36.2 Å². The molecule has 0 saturated carbocycles. The maximum atomic E-state index is 5.80. The van der Waals surface area contributed by atoms with Crippen LogP contribution in [0.3, 0.4) is 0 Å². The van der Waals surface area contributed by atoms with Gasteiger partial charge in [0.2, 0.25) is 6.39 Å². The van der Waals surface area contributed by atoms with Crippen LogP contribution in [0.1, 0.15) is 25.0 Å². The van der Waals surface area contributed by atoms with Gasteiger partial charge in [-0.1, -0.05) is 12.1 Å². The van der Waals surface area contributed by atoms with Crippen LogP contribution in [-0.4, -0.2) is 19.7 Å². The Morgan fingerprint density at radius 1 is 1.37 bits per heavy atom. The fourth-order valence-corrected chi connectivity index (χ4v) is 2.19. The third kappa shape index (κ3) is 2.16. The minimum atomic E-state index is 0.562. The molecular formula is C13H15N5O. The van der Waals surface area contributed by atoms with E-state index in [1.54, 1.807) is 0 Å². The Kier molecular flexibility index (Phi) is 2.91. The second-order valence-corrected chi connectivity index (χ2v) is 4.46. The van der Waals surface area contributed by atoms with Gasteiger partial charge in [-0.25, -0.2) is 4.98 Å². The summed E-state index contributed by atoms with van der Waals surface area (Å²) in [6, 6.07) is 5.75. The molecule has 0 aliphatic rings. The number of aryl methyl sites for hydroxylation is 1. The summed E-state index contributed by atoms with van der Waals surface area (Å²) in [4.78, 5) is 8.71. The number of benzene rings is 1. The predicted octanol–water partition coefficient (Wildman–Crippen LogP) is 2.00. The van der Waals surface area contributed by atoms with Crippen molar-refractivity contribution < 1.29 is 4.52 Å². The Morgan fingerprint density at radius 2 is 2.26 bits per heavy atom. The molecule has 6 nitrogen and oxygen atoms in total. The predicted molar refractivity (Wildman–Crippen MR) is 71.5 cm³/mol. The van der Waals surface area contributed by atoms with E-state index >= 15 is 0 Å². The van der Waals surface area contributed by atoms with Crippen molar-refractivity contribution >= 4 is 16.7 Å². The van der Waals surface area contributed by atoms with Crippen LogP contribution >= 0.6 is 0 Å². The SMILES string of the molecule is CCCc1nc2cc(N)ccc2n1Cc1ncon1. The highest BCUT2D eigenvalue weighted by Crippen LogP contribution is 2.20. The highest BCUT2D eigenvalue weighted by Gasteiger charge is 2.12. The molecule has 0 saturated heterocycles. The zero-order valence-electron chi connectivity index (χ0n) is 10.7. The van der Waals surface area contributed by atoms with Gasteiger partial charge in [0.15, 0.2) is 5.82 Å². The summed E-state index contributed by atoms with van der Waals surface area (Å²) in [7, 11) is 0. The van der Waals surface area contributed by atoms with Crippen LogP contribution in [0.25, 0.3) is 11.0 Å². The first-order valence-corrected chi connectivity index (χ1v) is 6.28. The van der Waals surface area contributed by atoms with Gasteiger partial charge in [-0.3, -0.25) is 0 Å². The first kappa shape index (κ1) is 11.7. The van der Waals surface area contributed by atoms with Crippen molar-refractivity contribution in [1.29, 1.82) is 0 Å². The number of hydrogen-bond acceptors (Lipinski definition) is 5. The van der Waals surface area contributed by atoms with E-state index in [0.29, 0.717) is 12.4 Å². The topological polar surface area (TPSA) is 82.8 Å². The third-order valence-corrected chi connectivity index (χ3v) is 3.03. The quantitative estimate of drug-likeness (QED) is 0.723. The standard InChI is InChI=1S/C13H15N5O/c1-2-3-13-16-10-6-9(14)4-5-11(10)18(13)7-12-15-8-19-17-12/h4-6,8H,2-3,7,14H2,1H3. The number of aromatic nitrogens is 4. The molecule has 0 aliphatic heterocycles. The molecule has 2 heterocycles. The van der Waals surface area contributed by atoms with Crippen LogP contribution in [0.5, 0.6) is 0 Å². The van der Waals surface area contributed by atoms with Crippen molar-refractivity contribution in [1.82, 2.24) is 19.7 Å². The van der Waals surface area contributed by atoms with Crippen molar-refractivity contribution in [3.63, 3.8) is 0 Å². The van der Waals surface area contributed by atoms with Crippen molar-refractivity contribution in [2.24, 2.45) is 0 Å². The summed E-state index contributed by atoms with van der Waals surface area (Å²) in [5.74, 6) is 1.67. The zero-order chi connectivity index (χ0) is 13.2. The van der Waals surface area contributed by atoms with Crippen molar-refractivity contribution in [2.45, 2.75) is 26.3 Å². The summed E-state index contributed by atoms with van der Waals surface area (Å²) < 4.78 is 6.89. The van der Waals surface area contributed by atoms with Gasteiger partial charge in [-0.15, -0.1) is 0 Å². The number of nitrogen functional groups attached to an aromatic ring is 1. The number of fused-ring (bicyclic) bond motifs is 1. The van der Waals surface area contributed by atoms with Crippen LogP contribution in [-0.2, 0) is 13.0 Å². The summed E-state index contributed by atoms with van der Waals surface area (Å²) in [5, 5.41) is 3.86. The molecule has 0 fully saturated rings. The van der Waals surface area contributed by atoms with E-state index in [2.05, 4.69) is 26.6 Å². The van der Waals surface area contributed by atoms with Crippen LogP contribution in [0.2, 0.25) is 0 Å². The molecule has 2 aromatic heterocycles. The Bertz CT molecular complexity index is 686. The molecule has 0 amide bonds. The Labute approximate surface area is 110 Å². The smallest absolute Gasteiger partial charge is 0.213 e. The normalized spacial score (nSPS) is 11.2. The molecule has 3 rings (SSSR count). The fraction of sp³-hybridized carbons (Fsp3) is 0.308. The zero-order valence-corrected chi connectivity index (χ0v) is 10.7. The lowest BCUT2D eigenvalue weighted by Crippen LogP contribution is -2.06. The lowest BCUT2D eigenvalue weighted by Gasteiger charge is -2.05. The summed E-state index contributed by atoms with van der Waals surface area (Å²) in [6.45, 7) is 2.69. The fourth-order valence-electron chi connectivity index (χ4n) is 2.19. The molecule has 0 atom stereocenters. The minimum absolute atomic E-state index is 0.562. The van der Waals surface area contributed by atoms with E-state index in [9.17, 15) is 0 Å². The first-order chi connectivity index (χ1) is 9.28. The lowest BCUT2D eigenvalue weighted by atomic mass is 10.3. The number of anilines is 1. The highest BCUT2D eigenvalue weighted by molar-refractivity contribution is 5.79. The number of imidazole rings is 1. The number of hydrogen-bond donors (Lipinski definition) is 1. The molecule has 6 heteroatoms. The number of rotatable bonds is 4. The third-order valence-electron chi connectivity index (χ3n) is 3.03. The molecule has 19 heavy (non-hydrogen) atoms. The molecule has 0 spiro atoms. The lowest BCUT2D eigenvalue weighted by molar-refractivity contribution is 0.408. The highest BCUT2D eigenvalue weighted by atomic mass is 16.5. The molecular weight excluding hydrogens is 242 g/mol. The second kappa shape index (κ2) is 4.72. The molecule has 0 radical (unpaired) electrons. The van der Waals surface area contributed by atoms with Crippen LogP contribution in [0, 0.1) is 0 Å². The van der Waals surface area contributed by atoms with Gasteiger partial charge in [0, 0.05) is 12.1 Å². The Morgan fingerprint density at radius 3 is 3.00 bits per heavy atom. The average Bonchev–Trinajstić information content (AvgIpc) is 2.99. The van der Waals surface area contributed by atoms with E-state index in [-0.39, 0.29) is 0 Å². The average molecular weight is 257 g/mol. The van der Waals surface area contributed by atoms with E-state index in [0.717, 1.165) is 35.4 Å². The van der Waals surface area contributed by atoms with E-state index in [1.165, 1.54) is 6.39 Å². The molecule has 0 unspecified atom stereocenters. The molecule has 1 aromatic carbocycles. The molecule has 0 aliphatic carbocycles. The molecule has 0 bridgehead atoms. The van der Waals surface area contributed by atoms with Gasteiger partial charge in [0.05, 0.1) is 17.6 Å². The largest absolute Gasteiger partial charge is 0.399 e. The molecule has 2 N–H and O–H groups in total. The Hall–Kier alpha value is -2.37. The number of nitrogens with two attached hydrogens (primary N) is 1. The summed E-state index contributed by atoms with van der Waals surface area (Å²) >= 11 is 0. The maximum absolute atomic E-state index is 5.80. The van der Waals surface area contributed by atoms with Crippen molar-refractivity contribution in [2.75, 3.05) is 5.73 Å². The second-order valence-electron chi connectivity index (χ2n) is 4.46. The molecule has 3 aromatic rings. The van der Waals surface area contributed by atoms with Gasteiger partial charge in [-0.05, 0) is 24.6 Å². The van der Waals surface area contributed by atoms with Crippen LogP contribution < -0.4 is 5.73 Å². The monoisotopic (exact) mass is 257 g/mol. The number of nitrogens with zero attached hydrogens (tertiary/aromatic N) is 4. The van der Waals surface area contributed by atoms with Gasteiger partial charge in [-0.2, -0.15) is 4.98 Å². The van der Waals surface area contributed by atoms with Gasteiger partial charge in [0.25, 0.3) is 0 Å². The van der Waals surface area contributed by atoms with Crippen LogP contribution in [0.4, 0.5) is 5.69 Å². The van der Waals surface area contributed by atoms with Crippen molar-refractivity contribution in [3.8, 4) is 0 Å². The van der Waals surface area contributed by atoms with Gasteiger partial charge < -0.3 is 14.8 Å². The van der Waals surface area contributed by atoms with Gasteiger partial charge in [0.1, 0.15) is 5.82 Å². The van der Waals surface area contributed by atoms with Gasteiger partial charge >= 0.3 is 0 Å². The molecule has 98 valence electrons. The van der Waals surface area contributed by atoms with E-state index in [4.69, 9.17) is 10.3 Å². The maximum Gasteiger partial charge on any atom is 0.213 e. The summed E-state index contributed by atoms with van der Waals surface area (Å²) in [5.41, 5.74) is 8.48. The first-order valence-electron chi connectivity index (χ1n) is 6.28. The van der Waals surface area contributed by atoms with E-state index < -0.39 is 0 Å². The summed E-state index contributed by atoms with van der Waals surface area (Å²) in [6.07, 6.45) is 3.28. The Balaban J connectivity index is 2.10. The minimum Gasteiger partial charge on any atom is -0.399 e.